The van der Waals surface area contributed by atoms with Gasteiger partial charge in [-0.05, 0) is 30.5 Å². The highest BCUT2D eigenvalue weighted by atomic mass is 35.5. The summed E-state index contributed by atoms with van der Waals surface area (Å²) in [6, 6.07) is 7.34. The summed E-state index contributed by atoms with van der Waals surface area (Å²) in [5.74, 6) is 2.34. The quantitative estimate of drug-likeness (QED) is 0.714. The lowest BCUT2D eigenvalue weighted by Crippen LogP contribution is -2.20. The van der Waals surface area contributed by atoms with Crippen LogP contribution in [-0.2, 0) is 4.74 Å². The Balaban J connectivity index is 1.95. The summed E-state index contributed by atoms with van der Waals surface area (Å²) in [6.45, 7) is 0.668. The molecule has 2 aromatic heterocycles. The predicted molar refractivity (Wildman–Crippen MR) is 96.3 cm³/mol. The molecule has 26 heavy (non-hydrogen) atoms. The summed E-state index contributed by atoms with van der Waals surface area (Å²) in [6.07, 6.45) is 6.80. The Labute approximate surface area is 153 Å². The van der Waals surface area contributed by atoms with Gasteiger partial charge in [0, 0.05) is 11.6 Å². The molecule has 1 aromatic carbocycles. The van der Waals surface area contributed by atoms with Gasteiger partial charge < -0.3 is 9.47 Å². The summed E-state index contributed by atoms with van der Waals surface area (Å²) < 4.78 is 12.3. The fraction of sp³-hybridized carbons (Fsp3) is 0.278. The molecule has 1 aliphatic rings. The van der Waals surface area contributed by atoms with Crippen molar-refractivity contribution in [2.75, 3.05) is 13.2 Å². The van der Waals surface area contributed by atoms with E-state index in [-0.39, 0.29) is 18.7 Å². The molecule has 1 unspecified atom stereocenters. The van der Waals surface area contributed by atoms with Gasteiger partial charge in [-0.2, -0.15) is 14.6 Å². The van der Waals surface area contributed by atoms with Gasteiger partial charge in [-0.15, -0.1) is 6.42 Å². The van der Waals surface area contributed by atoms with E-state index in [2.05, 4.69) is 21.0 Å². The van der Waals surface area contributed by atoms with E-state index >= 15 is 0 Å². The Morgan fingerprint density at radius 3 is 2.92 bits per heavy atom. The second kappa shape index (κ2) is 6.83. The highest BCUT2D eigenvalue weighted by Gasteiger charge is 2.28. The normalized spacial score (nSPS) is 16.7. The number of aromatic nitrogens is 4. The van der Waals surface area contributed by atoms with Gasteiger partial charge in [0.15, 0.2) is 12.3 Å². The van der Waals surface area contributed by atoms with Crippen LogP contribution < -0.4 is 10.4 Å². The zero-order valence-electron chi connectivity index (χ0n) is 13.7. The molecule has 1 fully saturated rings. The van der Waals surface area contributed by atoms with E-state index in [1.807, 2.05) is 12.1 Å². The molecule has 0 spiro atoms. The second-order valence-electron chi connectivity index (χ2n) is 5.84. The highest BCUT2D eigenvalue weighted by molar-refractivity contribution is 6.30. The maximum absolute atomic E-state index is 12.4. The Morgan fingerprint density at radius 1 is 1.42 bits per heavy atom. The Hall–Kier alpha value is -2.82. The summed E-state index contributed by atoms with van der Waals surface area (Å²) in [5, 5.41) is 5.09. The number of hydrogen-bond donors (Lipinski definition) is 1. The van der Waals surface area contributed by atoms with Crippen molar-refractivity contribution in [1.82, 2.24) is 19.6 Å². The molecule has 3 heterocycles. The summed E-state index contributed by atoms with van der Waals surface area (Å²) in [7, 11) is 0. The van der Waals surface area contributed by atoms with Gasteiger partial charge >= 0.3 is 11.7 Å². The third-order valence-electron chi connectivity index (χ3n) is 4.16. The van der Waals surface area contributed by atoms with E-state index in [0.717, 1.165) is 24.0 Å². The number of fused-ring (bicyclic) bond motifs is 1. The first-order chi connectivity index (χ1) is 12.7. The van der Waals surface area contributed by atoms with Gasteiger partial charge in [-0.3, -0.25) is 4.98 Å². The van der Waals surface area contributed by atoms with Crippen molar-refractivity contribution in [2.45, 2.75) is 18.9 Å². The van der Waals surface area contributed by atoms with Crippen LogP contribution in [0.1, 0.15) is 24.6 Å². The van der Waals surface area contributed by atoms with Crippen LogP contribution in [0.25, 0.3) is 16.8 Å². The van der Waals surface area contributed by atoms with Crippen molar-refractivity contribution in [3.63, 3.8) is 0 Å². The minimum absolute atomic E-state index is 0.00211. The molecule has 0 saturated carbocycles. The van der Waals surface area contributed by atoms with Crippen LogP contribution in [0.5, 0.6) is 6.01 Å². The molecule has 0 bridgehead atoms. The first kappa shape index (κ1) is 16.6. The minimum Gasteiger partial charge on any atom is -0.451 e. The molecule has 1 saturated heterocycles. The molecule has 7 nitrogen and oxygen atoms in total. The van der Waals surface area contributed by atoms with E-state index in [9.17, 15) is 4.79 Å². The van der Waals surface area contributed by atoms with Gasteiger partial charge in [-0.25, -0.2) is 4.79 Å². The third kappa shape index (κ3) is 2.94. The number of benzene rings is 1. The monoisotopic (exact) mass is 370 g/mol. The van der Waals surface area contributed by atoms with Crippen LogP contribution in [0.15, 0.2) is 29.1 Å². The van der Waals surface area contributed by atoms with Crippen molar-refractivity contribution >= 4 is 17.2 Å². The lowest BCUT2D eigenvalue weighted by molar-refractivity contribution is 0.109. The zero-order valence-corrected chi connectivity index (χ0v) is 14.5. The molecule has 0 aliphatic carbocycles. The summed E-state index contributed by atoms with van der Waals surface area (Å²) in [5.41, 5.74) is 2.17. The van der Waals surface area contributed by atoms with Gasteiger partial charge in [0.2, 0.25) is 0 Å². The van der Waals surface area contributed by atoms with E-state index in [1.54, 1.807) is 12.1 Å². The SMILES string of the molecule is C#CCOc1nc2c(-c3ccc(Cl)cc3)c(C3CCCO3)nn2c(=O)[nH]1. The molecule has 1 N–H and O–H groups in total. The maximum Gasteiger partial charge on any atom is 0.352 e. The third-order valence-corrected chi connectivity index (χ3v) is 4.41. The van der Waals surface area contributed by atoms with E-state index in [1.165, 1.54) is 4.52 Å². The molecule has 1 aliphatic heterocycles. The van der Waals surface area contributed by atoms with Crippen molar-refractivity contribution < 1.29 is 9.47 Å². The average molecular weight is 371 g/mol. The Morgan fingerprint density at radius 2 is 2.23 bits per heavy atom. The molecule has 4 rings (SSSR count). The number of nitrogens with one attached hydrogen (secondary N) is 1. The second-order valence-corrected chi connectivity index (χ2v) is 6.28. The molecule has 8 heteroatoms. The molecular formula is C18H15ClN4O3. The van der Waals surface area contributed by atoms with Crippen LogP contribution in [0.4, 0.5) is 0 Å². The van der Waals surface area contributed by atoms with Crippen molar-refractivity contribution in [2.24, 2.45) is 0 Å². The first-order valence-corrected chi connectivity index (χ1v) is 8.52. The number of rotatable bonds is 4. The molecule has 1 atom stereocenters. The largest absolute Gasteiger partial charge is 0.451 e. The van der Waals surface area contributed by atoms with E-state index in [4.69, 9.17) is 27.5 Å². The fourth-order valence-corrected chi connectivity index (χ4v) is 3.16. The molecule has 132 valence electrons. The molecular weight excluding hydrogens is 356 g/mol. The lowest BCUT2D eigenvalue weighted by Gasteiger charge is -2.09. The number of aromatic amines is 1. The molecule has 0 radical (unpaired) electrons. The molecule has 0 amide bonds. The van der Waals surface area contributed by atoms with E-state index in [0.29, 0.717) is 23.0 Å². The Kier molecular flexibility index (Phi) is 4.37. The fourth-order valence-electron chi connectivity index (χ4n) is 3.03. The van der Waals surface area contributed by atoms with Crippen molar-refractivity contribution in [3.8, 4) is 29.5 Å². The van der Waals surface area contributed by atoms with Gasteiger partial charge in [0.25, 0.3) is 0 Å². The summed E-state index contributed by atoms with van der Waals surface area (Å²) >= 11 is 6.01. The van der Waals surface area contributed by atoms with Crippen LogP contribution in [0, 0.1) is 12.3 Å². The Bertz CT molecular complexity index is 1040. The molecule has 3 aromatic rings. The van der Waals surface area contributed by atoms with Crippen LogP contribution in [0.3, 0.4) is 0 Å². The number of nitrogens with zero attached hydrogens (tertiary/aromatic N) is 3. The average Bonchev–Trinajstić information content (AvgIpc) is 3.28. The van der Waals surface area contributed by atoms with Crippen molar-refractivity contribution in [3.05, 3.63) is 45.5 Å². The van der Waals surface area contributed by atoms with Crippen LogP contribution in [0.2, 0.25) is 5.02 Å². The van der Waals surface area contributed by atoms with Crippen LogP contribution >= 0.6 is 11.6 Å². The number of terminal acetylenes is 1. The topological polar surface area (TPSA) is 81.5 Å². The highest BCUT2D eigenvalue weighted by Crippen LogP contribution is 2.37. The van der Waals surface area contributed by atoms with Gasteiger partial charge in [0.1, 0.15) is 11.8 Å². The predicted octanol–water partition coefficient (Wildman–Crippen LogP) is 2.60. The first-order valence-electron chi connectivity index (χ1n) is 8.14. The van der Waals surface area contributed by atoms with Crippen molar-refractivity contribution in [1.29, 1.82) is 0 Å². The maximum atomic E-state index is 12.4. The van der Waals surface area contributed by atoms with Gasteiger partial charge in [-0.1, -0.05) is 29.7 Å². The number of H-pyrrole nitrogens is 1. The minimum atomic E-state index is -0.457. The van der Waals surface area contributed by atoms with E-state index < -0.39 is 5.69 Å². The zero-order chi connectivity index (χ0) is 18.1. The summed E-state index contributed by atoms with van der Waals surface area (Å²) in [4.78, 5) is 19.4. The lowest BCUT2D eigenvalue weighted by atomic mass is 10.0. The number of halogens is 1. The van der Waals surface area contributed by atoms with Gasteiger partial charge in [0.05, 0.1) is 5.56 Å². The smallest absolute Gasteiger partial charge is 0.352 e. The van der Waals surface area contributed by atoms with Crippen LogP contribution in [-0.4, -0.2) is 32.8 Å². The standard InChI is InChI=1S/C18H15ClN4O3/c1-2-9-26-17-20-16-14(11-5-7-12(19)8-6-11)15(13-4-3-10-25-13)22-23(16)18(24)21-17/h1,5-8,13H,3-4,9-10H2,(H,20,21,24). The number of ether oxygens (including phenoxy) is 2. The number of hydrogen-bond acceptors (Lipinski definition) is 5.